The van der Waals surface area contributed by atoms with Crippen molar-refractivity contribution in [2.45, 2.75) is 19.4 Å². The minimum Gasteiger partial charge on any atom is -0.454 e. The van der Waals surface area contributed by atoms with E-state index in [1.807, 2.05) is 6.92 Å². The predicted octanol–water partition coefficient (Wildman–Crippen LogP) is 4.16. The highest BCUT2D eigenvalue weighted by Crippen LogP contribution is 2.32. The van der Waals surface area contributed by atoms with Gasteiger partial charge in [0.25, 0.3) is 0 Å². The number of ether oxygens (including phenoxy) is 1. The van der Waals surface area contributed by atoms with Gasteiger partial charge in [-0.05, 0) is 37.6 Å². The van der Waals surface area contributed by atoms with Crippen LogP contribution in [0.5, 0.6) is 11.5 Å². The molecule has 100 valence electrons. The van der Waals surface area contributed by atoms with Crippen molar-refractivity contribution in [1.82, 2.24) is 0 Å². The molecular weight excluding hydrogens is 265 g/mol. The van der Waals surface area contributed by atoms with Crippen LogP contribution in [0.2, 0.25) is 5.02 Å². The predicted molar refractivity (Wildman–Crippen MR) is 75.3 cm³/mol. The van der Waals surface area contributed by atoms with Gasteiger partial charge in [-0.1, -0.05) is 29.8 Å². The molecule has 2 rings (SSSR count). The van der Waals surface area contributed by atoms with Crippen molar-refractivity contribution in [3.8, 4) is 11.5 Å². The lowest BCUT2D eigenvalue weighted by atomic mass is 10.1. The summed E-state index contributed by atoms with van der Waals surface area (Å²) in [5.41, 5.74) is 6.59. The molecule has 19 heavy (non-hydrogen) atoms. The van der Waals surface area contributed by atoms with Crippen molar-refractivity contribution in [3.63, 3.8) is 0 Å². The van der Waals surface area contributed by atoms with Gasteiger partial charge < -0.3 is 10.5 Å². The Hall–Kier alpha value is -1.58. The highest BCUT2D eigenvalue weighted by molar-refractivity contribution is 6.31. The second-order valence-electron chi connectivity index (χ2n) is 4.43. The summed E-state index contributed by atoms with van der Waals surface area (Å²) in [6.07, 6.45) is 0.573. The Labute approximate surface area is 117 Å². The first-order valence-corrected chi connectivity index (χ1v) is 6.41. The Balaban J connectivity index is 2.35. The Morgan fingerprint density at radius 1 is 1.16 bits per heavy atom. The van der Waals surface area contributed by atoms with E-state index in [9.17, 15) is 4.39 Å². The molecule has 0 aliphatic rings. The molecule has 2 aromatic carbocycles. The highest BCUT2D eigenvalue weighted by atomic mass is 35.5. The number of benzene rings is 2. The maximum Gasteiger partial charge on any atom is 0.165 e. The number of halogens is 2. The molecule has 4 heteroatoms. The first-order chi connectivity index (χ1) is 9.08. The molecule has 0 aliphatic carbocycles. The minimum atomic E-state index is -0.408. The fraction of sp³-hybridized carbons (Fsp3) is 0.200. The Kier molecular flexibility index (Phi) is 4.40. The standard InChI is InChI=1S/C15H15ClFNO/c1-10(18)9-11-12(16)5-4-8-14(11)19-15-7-3-2-6-13(15)17/h2-8,10H,9,18H2,1H3. The van der Waals surface area contributed by atoms with Crippen molar-refractivity contribution in [2.24, 2.45) is 5.73 Å². The minimum absolute atomic E-state index is 0.0529. The van der Waals surface area contributed by atoms with E-state index in [0.717, 1.165) is 5.56 Å². The Bertz CT molecular complexity index is 572. The first kappa shape index (κ1) is 13.8. The molecule has 1 unspecified atom stereocenters. The van der Waals surface area contributed by atoms with Crippen LogP contribution < -0.4 is 10.5 Å². The van der Waals surface area contributed by atoms with Gasteiger partial charge in [-0.25, -0.2) is 4.39 Å². The molecule has 0 amide bonds. The topological polar surface area (TPSA) is 35.2 Å². The molecule has 0 saturated carbocycles. The zero-order valence-corrected chi connectivity index (χ0v) is 11.3. The average molecular weight is 280 g/mol. The van der Waals surface area contributed by atoms with Crippen LogP contribution in [-0.2, 0) is 6.42 Å². The van der Waals surface area contributed by atoms with Gasteiger partial charge in [0, 0.05) is 16.6 Å². The van der Waals surface area contributed by atoms with Crippen LogP contribution in [0, 0.1) is 5.82 Å². The zero-order chi connectivity index (χ0) is 13.8. The molecule has 2 nitrogen and oxygen atoms in total. The van der Waals surface area contributed by atoms with Crippen molar-refractivity contribution in [2.75, 3.05) is 0 Å². The molecule has 2 N–H and O–H groups in total. The molecule has 0 radical (unpaired) electrons. The lowest BCUT2D eigenvalue weighted by Gasteiger charge is -2.14. The second kappa shape index (κ2) is 6.04. The summed E-state index contributed by atoms with van der Waals surface area (Å²) in [6, 6.07) is 11.5. The van der Waals surface area contributed by atoms with Crippen molar-refractivity contribution < 1.29 is 9.13 Å². The van der Waals surface area contributed by atoms with Crippen LogP contribution in [0.3, 0.4) is 0 Å². The maximum absolute atomic E-state index is 13.6. The number of hydrogen-bond acceptors (Lipinski definition) is 2. The summed E-state index contributed by atoms with van der Waals surface area (Å²) in [5.74, 6) is 0.305. The zero-order valence-electron chi connectivity index (χ0n) is 10.6. The smallest absolute Gasteiger partial charge is 0.165 e. The summed E-state index contributed by atoms with van der Waals surface area (Å²) < 4.78 is 19.2. The molecule has 0 aliphatic heterocycles. The van der Waals surface area contributed by atoms with Crippen LogP contribution in [0.1, 0.15) is 12.5 Å². The maximum atomic E-state index is 13.6. The Morgan fingerprint density at radius 3 is 2.53 bits per heavy atom. The van der Waals surface area contributed by atoms with Crippen LogP contribution in [0.4, 0.5) is 4.39 Å². The third kappa shape index (κ3) is 3.46. The van der Waals surface area contributed by atoms with E-state index in [1.54, 1.807) is 36.4 Å². The Morgan fingerprint density at radius 2 is 1.84 bits per heavy atom. The van der Waals surface area contributed by atoms with Crippen LogP contribution in [0.25, 0.3) is 0 Å². The van der Waals surface area contributed by atoms with Crippen molar-refractivity contribution in [1.29, 1.82) is 0 Å². The molecule has 0 heterocycles. The van der Waals surface area contributed by atoms with Crippen LogP contribution >= 0.6 is 11.6 Å². The summed E-state index contributed by atoms with van der Waals surface area (Å²) in [6.45, 7) is 1.89. The van der Waals surface area contributed by atoms with Crippen LogP contribution in [0.15, 0.2) is 42.5 Å². The second-order valence-corrected chi connectivity index (χ2v) is 4.84. The van der Waals surface area contributed by atoms with Gasteiger partial charge in [-0.15, -0.1) is 0 Å². The van der Waals surface area contributed by atoms with Gasteiger partial charge in [0.2, 0.25) is 0 Å². The summed E-state index contributed by atoms with van der Waals surface area (Å²) in [4.78, 5) is 0. The molecule has 1 atom stereocenters. The monoisotopic (exact) mass is 279 g/mol. The SMILES string of the molecule is CC(N)Cc1c(Cl)cccc1Oc1ccccc1F. The third-order valence-electron chi connectivity index (χ3n) is 2.66. The number of hydrogen-bond donors (Lipinski definition) is 1. The molecule has 2 aromatic rings. The first-order valence-electron chi connectivity index (χ1n) is 6.03. The molecule has 0 aromatic heterocycles. The van der Waals surface area contributed by atoms with E-state index in [-0.39, 0.29) is 11.8 Å². The van der Waals surface area contributed by atoms with E-state index in [1.165, 1.54) is 6.07 Å². The van der Waals surface area contributed by atoms with Gasteiger partial charge in [-0.3, -0.25) is 0 Å². The summed E-state index contributed by atoms with van der Waals surface area (Å²) >= 11 is 6.15. The quantitative estimate of drug-likeness (QED) is 0.912. The molecular formula is C15H15ClFNO. The van der Waals surface area contributed by atoms with E-state index >= 15 is 0 Å². The summed E-state index contributed by atoms with van der Waals surface area (Å²) in [7, 11) is 0. The largest absolute Gasteiger partial charge is 0.454 e. The highest BCUT2D eigenvalue weighted by Gasteiger charge is 2.12. The van der Waals surface area contributed by atoms with Gasteiger partial charge in [0.05, 0.1) is 0 Å². The fourth-order valence-corrected chi connectivity index (χ4v) is 2.04. The molecule has 0 fully saturated rings. The van der Waals surface area contributed by atoms with Gasteiger partial charge in [0.1, 0.15) is 5.75 Å². The molecule has 0 bridgehead atoms. The van der Waals surface area contributed by atoms with Crippen molar-refractivity contribution >= 4 is 11.6 Å². The molecule has 0 spiro atoms. The van der Waals surface area contributed by atoms with Crippen molar-refractivity contribution in [3.05, 3.63) is 58.9 Å². The normalized spacial score (nSPS) is 12.2. The third-order valence-corrected chi connectivity index (χ3v) is 3.01. The molecule has 0 saturated heterocycles. The lowest BCUT2D eigenvalue weighted by Crippen LogP contribution is -2.18. The fourth-order valence-electron chi connectivity index (χ4n) is 1.80. The average Bonchev–Trinajstić information content (AvgIpc) is 2.36. The van der Waals surface area contributed by atoms with E-state index in [0.29, 0.717) is 17.2 Å². The van der Waals surface area contributed by atoms with Gasteiger partial charge in [-0.2, -0.15) is 0 Å². The number of rotatable bonds is 4. The van der Waals surface area contributed by atoms with Gasteiger partial charge >= 0.3 is 0 Å². The number of para-hydroxylation sites is 1. The van der Waals surface area contributed by atoms with E-state index < -0.39 is 5.82 Å². The number of nitrogens with two attached hydrogens (primary N) is 1. The van der Waals surface area contributed by atoms with Crippen LogP contribution in [-0.4, -0.2) is 6.04 Å². The summed E-state index contributed by atoms with van der Waals surface area (Å²) in [5, 5.41) is 0.575. The van der Waals surface area contributed by atoms with E-state index in [4.69, 9.17) is 22.1 Å². The van der Waals surface area contributed by atoms with Gasteiger partial charge in [0.15, 0.2) is 11.6 Å². The lowest BCUT2D eigenvalue weighted by molar-refractivity contribution is 0.436. The van der Waals surface area contributed by atoms with E-state index in [2.05, 4.69) is 0 Å².